The average Bonchev–Trinajstić information content (AvgIpc) is 2.47. The molecule has 0 heterocycles. The highest BCUT2D eigenvalue weighted by atomic mass is 79.9. The Labute approximate surface area is 141 Å². The van der Waals surface area contributed by atoms with Crippen LogP contribution in [0.25, 0.3) is 22.3 Å². The lowest BCUT2D eigenvalue weighted by Crippen LogP contribution is -1.90. The second-order valence-electron chi connectivity index (χ2n) is 5.83. The van der Waals surface area contributed by atoms with Crippen molar-refractivity contribution < 1.29 is 0 Å². The molecular weight excluding hydrogens is 332 g/mol. The summed E-state index contributed by atoms with van der Waals surface area (Å²) < 4.78 is 1.13. The zero-order valence-electron chi connectivity index (χ0n) is 13.2. The van der Waals surface area contributed by atoms with Crippen LogP contribution < -0.4 is 0 Å². The molecule has 0 bridgehead atoms. The van der Waals surface area contributed by atoms with Crippen LogP contribution in [0.3, 0.4) is 0 Å². The number of benzene rings is 3. The molecule has 110 valence electrons. The van der Waals surface area contributed by atoms with E-state index < -0.39 is 0 Å². The Kier molecular flexibility index (Phi) is 4.17. The van der Waals surface area contributed by atoms with Crippen LogP contribution in [0.4, 0.5) is 0 Å². The van der Waals surface area contributed by atoms with Crippen molar-refractivity contribution >= 4 is 15.9 Å². The first kappa shape index (κ1) is 15.1. The number of aryl methyl sites for hydroxylation is 3. The lowest BCUT2D eigenvalue weighted by Gasteiger charge is -2.13. The highest BCUT2D eigenvalue weighted by molar-refractivity contribution is 9.10. The van der Waals surface area contributed by atoms with Crippen molar-refractivity contribution in [1.29, 1.82) is 0 Å². The van der Waals surface area contributed by atoms with E-state index in [4.69, 9.17) is 0 Å². The van der Waals surface area contributed by atoms with Crippen LogP contribution in [0, 0.1) is 20.8 Å². The van der Waals surface area contributed by atoms with Gasteiger partial charge in [-0.1, -0.05) is 70.0 Å². The molecule has 0 unspecified atom stereocenters. The minimum atomic E-state index is 1.13. The molecule has 0 saturated heterocycles. The largest absolute Gasteiger partial charge is 0.0616 e. The first-order chi connectivity index (χ1) is 10.6. The van der Waals surface area contributed by atoms with Gasteiger partial charge in [0.25, 0.3) is 0 Å². The van der Waals surface area contributed by atoms with Crippen LogP contribution in [-0.2, 0) is 0 Å². The van der Waals surface area contributed by atoms with Gasteiger partial charge >= 0.3 is 0 Å². The summed E-state index contributed by atoms with van der Waals surface area (Å²) in [6, 6.07) is 21.7. The summed E-state index contributed by atoms with van der Waals surface area (Å²) in [5.74, 6) is 0. The summed E-state index contributed by atoms with van der Waals surface area (Å²) in [5.41, 5.74) is 9.09. The molecule has 0 radical (unpaired) electrons. The van der Waals surface area contributed by atoms with E-state index in [2.05, 4.69) is 91.3 Å². The molecule has 0 amide bonds. The third-order valence-corrected chi connectivity index (χ3v) is 4.70. The van der Waals surface area contributed by atoms with Gasteiger partial charge < -0.3 is 0 Å². The molecule has 3 aromatic carbocycles. The van der Waals surface area contributed by atoms with E-state index in [0.29, 0.717) is 0 Å². The Morgan fingerprint density at radius 3 is 2.00 bits per heavy atom. The second-order valence-corrected chi connectivity index (χ2v) is 6.69. The molecule has 0 atom stereocenters. The van der Waals surface area contributed by atoms with Crippen LogP contribution in [0.15, 0.2) is 65.1 Å². The summed E-state index contributed by atoms with van der Waals surface area (Å²) in [7, 11) is 0. The number of hydrogen-bond acceptors (Lipinski definition) is 0. The van der Waals surface area contributed by atoms with Gasteiger partial charge in [-0.15, -0.1) is 0 Å². The smallest absolute Gasteiger partial charge is 0.0253 e. The minimum Gasteiger partial charge on any atom is -0.0616 e. The topological polar surface area (TPSA) is 0 Å². The molecule has 0 nitrogen and oxygen atoms in total. The first-order valence-electron chi connectivity index (χ1n) is 7.49. The summed E-state index contributed by atoms with van der Waals surface area (Å²) in [4.78, 5) is 0. The van der Waals surface area contributed by atoms with E-state index in [1.54, 1.807) is 0 Å². The van der Waals surface area contributed by atoms with Gasteiger partial charge in [0, 0.05) is 4.47 Å². The molecule has 3 aromatic rings. The van der Waals surface area contributed by atoms with Crippen LogP contribution in [-0.4, -0.2) is 0 Å². The molecule has 0 saturated carbocycles. The van der Waals surface area contributed by atoms with Crippen molar-refractivity contribution in [1.82, 2.24) is 0 Å². The zero-order chi connectivity index (χ0) is 15.7. The SMILES string of the molecule is Cc1cc(C)c(-c2cccc(-c3ccccc3Br)c2)c(C)c1. The fraction of sp³-hybridized carbons (Fsp3) is 0.143. The van der Waals surface area contributed by atoms with Crippen molar-refractivity contribution in [2.45, 2.75) is 20.8 Å². The molecule has 3 rings (SSSR count). The Balaban J connectivity index is 2.16. The molecule has 22 heavy (non-hydrogen) atoms. The summed E-state index contributed by atoms with van der Waals surface area (Å²) in [6.45, 7) is 6.54. The second kappa shape index (κ2) is 6.10. The average molecular weight is 351 g/mol. The van der Waals surface area contributed by atoms with Crippen LogP contribution in [0.5, 0.6) is 0 Å². The maximum atomic E-state index is 3.65. The lowest BCUT2D eigenvalue weighted by atomic mass is 9.92. The van der Waals surface area contributed by atoms with Crippen molar-refractivity contribution in [2.75, 3.05) is 0 Å². The van der Waals surface area contributed by atoms with Gasteiger partial charge in [0.15, 0.2) is 0 Å². The van der Waals surface area contributed by atoms with E-state index >= 15 is 0 Å². The predicted octanol–water partition coefficient (Wildman–Crippen LogP) is 6.71. The van der Waals surface area contributed by atoms with E-state index in [1.165, 1.54) is 38.9 Å². The fourth-order valence-electron chi connectivity index (χ4n) is 3.17. The molecule has 0 fully saturated rings. The van der Waals surface area contributed by atoms with Gasteiger partial charge in [-0.05, 0) is 66.3 Å². The van der Waals surface area contributed by atoms with Gasteiger partial charge in [0.2, 0.25) is 0 Å². The predicted molar refractivity (Wildman–Crippen MR) is 99.2 cm³/mol. The van der Waals surface area contributed by atoms with E-state index in [0.717, 1.165) is 4.47 Å². The Bertz CT molecular complexity index is 808. The van der Waals surface area contributed by atoms with Crippen molar-refractivity contribution in [3.63, 3.8) is 0 Å². The van der Waals surface area contributed by atoms with Gasteiger partial charge in [-0.3, -0.25) is 0 Å². The van der Waals surface area contributed by atoms with Crippen molar-refractivity contribution in [3.8, 4) is 22.3 Å². The van der Waals surface area contributed by atoms with Crippen molar-refractivity contribution in [3.05, 3.63) is 81.8 Å². The Hall–Kier alpha value is -1.86. The zero-order valence-corrected chi connectivity index (χ0v) is 14.7. The quantitative estimate of drug-likeness (QED) is 0.481. The minimum absolute atomic E-state index is 1.13. The van der Waals surface area contributed by atoms with Gasteiger partial charge in [-0.2, -0.15) is 0 Å². The summed E-state index contributed by atoms with van der Waals surface area (Å²) in [5, 5.41) is 0. The molecule has 0 aliphatic rings. The van der Waals surface area contributed by atoms with Gasteiger partial charge in [-0.25, -0.2) is 0 Å². The maximum absolute atomic E-state index is 3.65. The van der Waals surface area contributed by atoms with E-state index in [1.807, 2.05) is 6.07 Å². The van der Waals surface area contributed by atoms with Crippen molar-refractivity contribution in [2.24, 2.45) is 0 Å². The number of rotatable bonds is 2. The molecule has 0 aliphatic heterocycles. The third-order valence-electron chi connectivity index (χ3n) is 4.01. The fourth-order valence-corrected chi connectivity index (χ4v) is 3.69. The molecule has 0 aromatic heterocycles. The molecule has 0 aliphatic carbocycles. The van der Waals surface area contributed by atoms with Crippen LogP contribution in [0.1, 0.15) is 16.7 Å². The monoisotopic (exact) mass is 350 g/mol. The standard InChI is InChI=1S/C21H19Br/c1-14-11-15(2)21(16(3)12-14)18-8-6-7-17(13-18)19-9-4-5-10-20(19)22/h4-13H,1-3H3. The third kappa shape index (κ3) is 2.86. The van der Waals surface area contributed by atoms with Crippen LogP contribution in [0.2, 0.25) is 0 Å². The number of hydrogen-bond donors (Lipinski definition) is 0. The maximum Gasteiger partial charge on any atom is 0.0253 e. The van der Waals surface area contributed by atoms with E-state index in [9.17, 15) is 0 Å². The molecule has 1 heteroatoms. The highest BCUT2D eigenvalue weighted by Gasteiger charge is 2.09. The van der Waals surface area contributed by atoms with Gasteiger partial charge in [0.05, 0.1) is 0 Å². The first-order valence-corrected chi connectivity index (χ1v) is 8.29. The normalized spacial score (nSPS) is 10.7. The molecule has 0 N–H and O–H groups in total. The summed E-state index contributed by atoms with van der Waals surface area (Å²) in [6.07, 6.45) is 0. The van der Waals surface area contributed by atoms with Gasteiger partial charge in [0.1, 0.15) is 0 Å². The summed E-state index contributed by atoms with van der Waals surface area (Å²) >= 11 is 3.65. The number of halogens is 1. The Morgan fingerprint density at radius 2 is 1.32 bits per heavy atom. The van der Waals surface area contributed by atoms with E-state index in [-0.39, 0.29) is 0 Å². The Morgan fingerprint density at radius 1 is 0.682 bits per heavy atom. The van der Waals surface area contributed by atoms with Crippen LogP contribution >= 0.6 is 15.9 Å². The molecular formula is C21H19Br. The highest BCUT2D eigenvalue weighted by Crippen LogP contribution is 2.33. The molecule has 0 spiro atoms. The lowest BCUT2D eigenvalue weighted by molar-refractivity contribution is 1.32.